The molecule has 0 saturated carbocycles. The predicted octanol–water partition coefficient (Wildman–Crippen LogP) is -1.48. The number of carbonyl (C=O) groups excluding carboxylic acids is 6. The molecule has 0 radical (unpaired) electrons. The summed E-state index contributed by atoms with van der Waals surface area (Å²) in [5.74, 6) is -3.81. The molecule has 1 saturated heterocycles. The van der Waals surface area contributed by atoms with Gasteiger partial charge in [0.25, 0.3) is 0 Å². The first-order chi connectivity index (χ1) is 20.0. The van der Waals surface area contributed by atoms with Crippen molar-refractivity contribution in [3.8, 4) is 0 Å². The lowest BCUT2D eigenvalue weighted by molar-refractivity contribution is -0.134. The number of nitrogens with two attached hydrogens (primary N) is 2. The van der Waals surface area contributed by atoms with Gasteiger partial charge in [-0.15, -0.1) is 0 Å². The van der Waals surface area contributed by atoms with Crippen LogP contribution in [0.1, 0.15) is 57.9 Å². The SMILES string of the molecule is CCCCC1NC(=O)[C@@H](Cc2ccccc2)NC(=O)[C@H](CC(C)=O)NC(=O)CNC(=O)C(CCCN=C(N)N)NC1=O. The van der Waals surface area contributed by atoms with Crippen LogP contribution in [0.4, 0.5) is 0 Å². The van der Waals surface area contributed by atoms with Gasteiger partial charge in [-0.2, -0.15) is 0 Å². The number of hydrogen-bond donors (Lipinski definition) is 7. The quantitative estimate of drug-likeness (QED) is 0.0917. The molecule has 5 amide bonds. The molecule has 1 aliphatic rings. The number of carbonyl (C=O) groups is 6. The van der Waals surface area contributed by atoms with E-state index in [9.17, 15) is 28.8 Å². The molecule has 14 nitrogen and oxygen atoms in total. The van der Waals surface area contributed by atoms with Gasteiger partial charge in [0.15, 0.2) is 5.96 Å². The second-order valence-electron chi connectivity index (χ2n) is 10.2. The molecule has 230 valence electrons. The minimum Gasteiger partial charge on any atom is -0.370 e. The number of benzene rings is 1. The van der Waals surface area contributed by atoms with Gasteiger partial charge in [-0.1, -0.05) is 50.1 Å². The molecule has 42 heavy (non-hydrogen) atoms. The summed E-state index contributed by atoms with van der Waals surface area (Å²) in [6.45, 7) is 2.90. The summed E-state index contributed by atoms with van der Waals surface area (Å²) in [7, 11) is 0. The van der Waals surface area contributed by atoms with Gasteiger partial charge in [-0.25, -0.2) is 0 Å². The molecule has 0 spiro atoms. The first kappa shape index (κ1) is 33.7. The third-order valence-electron chi connectivity index (χ3n) is 6.54. The van der Waals surface area contributed by atoms with Gasteiger partial charge in [-0.3, -0.25) is 33.8 Å². The highest BCUT2D eigenvalue weighted by Crippen LogP contribution is 2.09. The molecular formula is C28H42N8O6. The number of Topliss-reactive ketones (excluding diaryl/α,β-unsaturated/α-hetero) is 1. The van der Waals surface area contributed by atoms with Crippen molar-refractivity contribution in [1.82, 2.24) is 26.6 Å². The molecule has 1 aromatic carbocycles. The van der Waals surface area contributed by atoms with Crippen LogP contribution < -0.4 is 38.1 Å². The van der Waals surface area contributed by atoms with Crippen LogP contribution in [0.15, 0.2) is 35.3 Å². The van der Waals surface area contributed by atoms with Crippen LogP contribution in [0.25, 0.3) is 0 Å². The molecule has 0 aliphatic carbocycles. The summed E-state index contributed by atoms with van der Waals surface area (Å²) in [4.78, 5) is 81.7. The molecule has 0 aromatic heterocycles. The summed E-state index contributed by atoms with van der Waals surface area (Å²) in [6.07, 6.45) is 1.89. The number of unbranched alkanes of at least 4 members (excludes halogenated alkanes) is 1. The van der Waals surface area contributed by atoms with Crippen LogP contribution in [0, 0.1) is 0 Å². The van der Waals surface area contributed by atoms with Crippen LogP contribution in [-0.2, 0) is 35.2 Å². The second-order valence-corrected chi connectivity index (χ2v) is 10.2. The first-order valence-corrected chi connectivity index (χ1v) is 14.1. The van der Waals surface area contributed by atoms with Gasteiger partial charge in [0, 0.05) is 19.4 Å². The van der Waals surface area contributed by atoms with E-state index in [2.05, 4.69) is 31.6 Å². The Kier molecular flexibility index (Phi) is 13.9. The second kappa shape index (κ2) is 17.4. The van der Waals surface area contributed by atoms with Crippen molar-refractivity contribution >= 4 is 41.3 Å². The first-order valence-electron chi connectivity index (χ1n) is 14.1. The van der Waals surface area contributed by atoms with Crippen LogP contribution in [0.3, 0.4) is 0 Å². The fourth-order valence-electron chi connectivity index (χ4n) is 4.36. The summed E-state index contributed by atoms with van der Waals surface area (Å²) in [5.41, 5.74) is 11.5. The maximum Gasteiger partial charge on any atom is 0.243 e. The van der Waals surface area contributed by atoms with Gasteiger partial charge in [-0.05, 0) is 31.7 Å². The molecule has 9 N–H and O–H groups in total. The number of nitrogens with zero attached hydrogens (tertiary/aromatic N) is 1. The van der Waals surface area contributed by atoms with Crippen molar-refractivity contribution in [2.24, 2.45) is 16.5 Å². The monoisotopic (exact) mass is 586 g/mol. The van der Waals surface area contributed by atoms with Crippen LogP contribution >= 0.6 is 0 Å². The van der Waals surface area contributed by atoms with E-state index in [1.165, 1.54) is 6.92 Å². The average Bonchev–Trinajstić information content (AvgIpc) is 2.94. The van der Waals surface area contributed by atoms with Gasteiger partial charge in [0.1, 0.15) is 30.0 Å². The Bertz CT molecular complexity index is 1140. The Morgan fingerprint density at radius 1 is 0.810 bits per heavy atom. The number of nitrogens with one attached hydrogen (secondary N) is 5. The van der Waals surface area contributed by atoms with E-state index in [1.54, 1.807) is 24.3 Å². The van der Waals surface area contributed by atoms with Crippen molar-refractivity contribution in [1.29, 1.82) is 0 Å². The number of ketones is 1. The van der Waals surface area contributed by atoms with Crippen molar-refractivity contribution in [2.45, 2.75) is 83.0 Å². The van der Waals surface area contributed by atoms with Crippen molar-refractivity contribution in [2.75, 3.05) is 13.1 Å². The van der Waals surface area contributed by atoms with Crippen molar-refractivity contribution in [3.63, 3.8) is 0 Å². The highest BCUT2D eigenvalue weighted by Gasteiger charge is 2.32. The molecule has 1 aromatic rings. The van der Waals surface area contributed by atoms with E-state index in [1.807, 2.05) is 13.0 Å². The highest BCUT2D eigenvalue weighted by molar-refractivity contribution is 5.98. The zero-order valence-electron chi connectivity index (χ0n) is 24.1. The maximum atomic E-state index is 13.6. The van der Waals surface area contributed by atoms with E-state index in [-0.39, 0.29) is 44.0 Å². The van der Waals surface area contributed by atoms with E-state index >= 15 is 0 Å². The van der Waals surface area contributed by atoms with E-state index < -0.39 is 60.2 Å². The molecule has 4 atom stereocenters. The Hall–Kier alpha value is -4.49. The van der Waals surface area contributed by atoms with E-state index in [0.29, 0.717) is 12.8 Å². The lowest BCUT2D eigenvalue weighted by Crippen LogP contribution is -2.58. The van der Waals surface area contributed by atoms with Crippen LogP contribution in [0.2, 0.25) is 0 Å². The number of guanidine groups is 1. The fourth-order valence-corrected chi connectivity index (χ4v) is 4.36. The lowest BCUT2D eigenvalue weighted by atomic mass is 10.0. The maximum absolute atomic E-state index is 13.6. The van der Waals surface area contributed by atoms with Gasteiger partial charge < -0.3 is 38.1 Å². The molecule has 14 heteroatoms. The minimum atomic E-state index is -1.28. The van der Waals surface area contributed by atoms with E-state index in [4.69, 9.17) is 11.5 Å². The molecule has 1 fully saturated rings. The molecule has 0 bridgehead atoms. The predicted molar refractivity (Wildman–Crippen MR) is 156 cm³/mol. The summed E-state index contributed by atoms with van der Waals surface area (Å²) >= 11 is 0. The summed E-state index contributed by atoms with van der Waals surface area (Å²) < 4.78 is 0. The zero-order chi connectivity index (χ0) is 31.1. The Morgan fingerprint density at radius 3 is 2.00 bits per heavy atom. The fraction of sp³-hybridized carbons (Fsp3) is 0.536. The Morgan fingerprint density at radius 2 is 1.38 bits per heavy atom. The Labute approximate surface area is 245 Å². The zero-order valence-corrected chi connectivity index (χ0v) is 24.1. The van der Waals surface area contributed by atoms with Gasteiger partial charge >= 0.3 is 0 Å². The number of rotatable bonds is 11. The number of hydrogen-bond acceptors (Lipinski definition) is 7. The number of aliphatic imine (C=N–C) groups is 1. The lowest BCUT2D eigenvalue weighted by Gasteiger charge is -2.26. The number of amides is 5. The Balaban J connectivity index is 2.43. The van der Waals surface area contributed by atoms with Crippen molar-refractivity contribution in [3.05, 3.63) is 35.9 Å². The molecule has 1 aliphatic heterocycles. The molecular weight excluding hydrogens is 544 g/mol. The topological polar surface area (TPSA) is 227 Å². The van der Waals surface area contributed by atoms with Crippen molar-refractivity contribution < 1.29 is 28.8 Å². The average molecular weight is 587 g/mol. The summed E-state index contributed by atoms with van der Waals surface area (Å²) in [6, 6.07) is 4.50. The minimum absolute atomic E-state index is 0.0920. The normalized spacial score (nSPS) is 22.3. The third kappa shape index (κ3) is 11.9. The molecule has 1 heterocycles. The van der Waals surface area contributed by atoms with Crippen LogP contribution in [0.5, 0.6) is 0 Å². The van der Waals surface area contributed by atoms with Crippen LogP contribution in [-0.4, -0.2) is 78.5 Å². The molecule has 2 unspecified atom stereocenters. The molecule has 2 rings (SSSR count). The standard InChI is InChI=1S/C28H42N8O6/c1-3-4-11-20-25(40)34-19(12-8-13-31-28(29)30)24(39)32-16-23(38)33-21(14-17(2)37)26(41)36-22(27(42)35-20)15-18-9-6-5-7-10-18/h5-7,9-10,19-22H,3-4,8,11-16H2,1-2H3,(H,32,39)(H,33,38)(H,34,40)(H,35,42)(H,36,41)(H4,29,30,31)/t19?,20?,21-,22+/m0/s1. The highest BCUT2D eigenvalue weighted by atomic mass is 16.2. The van der Waals surface area contributed by atoms with Gasteiger partial charge in [0.05, 0.1) is 6.54 Å². The summed E-state index contributed by atoms with van der Waals surface area (Å²) in [5, 5.41) is 13.0. The van der Waals surface area contributed by atoms with E-state index in [0.717, 1.165) is 12.0 Å². The van der Waals surface area contributed by atoms with Gasteiger partial charge in [0.2, 0.25) is 29.5 Å². The smallest absolute Gasteiger partial charge is 0.243 e. The largest absolute Gasteiger partial charge is 0.370 e. The third-order valence-corrected chi connectivity index (χ3v) is 6.54.